The summed E-state index contributed by atoms with van der Waals surface area (Å²) in [5, 5.41) is 11.7. The first-order chi connectivity index (χ1) is 14.7. The summed E-state index contributed by atoms with van der Waals surface area (Å²) in [6.45, 7) is 1.34. The van der Waals surface area contributed by atoms with Crippen molar-refractivity contribution in [2.75, 3.05) is 6.61 Å². The van der Waals surface area contributed by atoms with E-state index in [-0.39, 0.29) is 29.5 Å². The van der Waals surface area contributed by atoms with E-state index in [0.717, 1.165) is 24.3 Å². The van der Waals surface area contributed by atoms with Crippen LogP contribution >= 0.6 is 0 Å². The van der Waals surface area contributed by atoms with Crippen LogP contribution in [0.15, 0.2) is 60.7 Å². The van der Waals surface area contributed by atoms with E-state index in [1.807, 2.05) is 0 Å². The summed E-state index contributed by atoms with van der Waals surface area (Å²) in [7, 11) is 0. The summed E-state index contributed by atoms with van der Waals surface area (Å²) in [4.78, 5) is 16.6. The number of amides is 1. The topological polar surface area (TPSA) is 71.5 Å². The Kier molecular flexibility index (Phi) is 6.55. The molecule has 1 amide bonds. The van der Waals surface area contributed by atoms with Crippen LogP contribution in [0.25, 0.3) is 11.3 Å². The molecule has 0 aliphatic carbocycles. The molecule has 3 rings (SSSR count). The van der Waals surface area contributed by atoms with Gasteiger partial charge in [-0.15, -0.1) is 0 Å². The molecule has 0 spiro atoms. The van der Waals surface area contributed by atoms with E-state index in [1.54, 1.807) is 13.0 Å². The fourth-order valence-corrected chi connectivity index (χ4v) is 2.68. The van der Waals surface area contributed by atoms with Crippen molar-refractivity contribution in [2.24, 2.45) is 0 Å². The number of rotatable bonds is 6. The quantitative estimate of drug-likeness (QED) is 0.547. The number of hydrogen-bond donors (Lipinski definition) is 2. The predicted octanol–water partition coefficient (Wildman–Crippen LogP) is 4.81. The maximum Gasteiger partial charge on any atom is 0.416 e. The van der Waals surface area contributed by atoms with Crippen molar-refractivity contribution in [3.63, 3.8) is 0 Å². The van der Waals surface area contributed by atoms with E-state index in [4.69, 9.17) is 9.84 Å². The van der Waals surface area contributed by atoms with Gasteiger partial charge in [0.1, 0.15) is 23.0 Å². The Bertz CT molecular complexity index is 1070. The Hall–Kier alpha value is -3.46. The zero-order valence-corrected chi connectivity index (χ0v) is 16.3. The molecule has 31 heavy (non-hydrogen) atoms. The highest BCUT2D eigenvalue weighted by Crippen LogP contribution is 2.34. The number of benzene rings is 2. The van der Waals surface area contributed by atoms with Crippen LogP contribution in [0.5, 0.6) is 11.5 Å². The summed E-state index contributed by atoms with van der Waals surface area (Å²) in [5.41, 5.74) is -0.386. The van der Waals surface area contributed by atoms with Crippen molar-refractivity contribution in [1.82, 2.24) is 10.3 Å². The van der Waals surface area contributed by atoms with Gasteiger partial charge in [-0.05, 0) is 55.5 Å². The van der Waals surface area contributed by atoms with Gasteiger partial charge >= 0.3 is 6.18 Å². The fourth-order valence-electron chi connectivity index (χ4n) is 2.68. The second kappa shape index (κ2) is 9.13. The molecule has 0 saturated carbocycles. The molecular weight excluding hydrogens is 416 g/mol. The third-order valence-corrected chi connectivity index (χ3v) is 4.25. The Labute approximate surface area is 175 Å². The van der Waals surface area contributed by atoms with Gasteiger partial charge in [-0.3, -0.25) is 4.79 Å². The monoisotopic (exact) mass is 434 g/mol. The standard InChI is InChI=1S/C22H18F4N2O3/c1-13(12-29)27-21(30)18-9-10-19(20(28-18)14-3-2-4-16(23)11-14)31-17-7-5-15(6-8-17)22(24,25)26/h2-11,13,29H,12H2,1H3,(H,27,30)/t13-/m0/s1. The lowest BCUT2D eigenvalue weighted by Gasteiger charge is -2.14. The molecule has 1 atom stereocenters. The van der Waals surface area contributed by atoms with Gasteiger partial charge in [-0.1, -0.05) is 12.1 Å². The molecule has 0 aliphatic heterocycles. The highest BCUT2D eigenvalue weighted by molar-refractivity contribution is 5.93. The number of alkyl halides is 3. The molecule has 1 aromatic heterocycles. The van der Waals surface area contributed by atoms with Crippen LogP contribution in [0.2, 0.25) is 0 Å². The largest absolute Gasteiger partial charge is 0.455 e. The molecule has 3 aromatic rings. The van der Waals surface area contributed by atoms with Gasteiger partial charge < -0.3 is 15.2 Å². The molecule has 0 saturated heterocycles. The number of hydrogen-bond acceptors (Lipinski definition) is 4. The van der Waals surface area contributed by atoms with Gasteiger partial charge in [0.2, 0.25) is 0 Å². The highest BCUT2D eigenvalue weighted by atomic mass is 19.4. The van der Waals surface area contributed by atoms with Crippen molar-refractivity contribution in [3.8, 4) is 22.8 Å². The zero-order valence-electron chi connectivity index (χ0n) is 16.3. The van der Waals surface area contributed by atoms with Gasteiger partial charge in [0.25, 0.3) is 5.91 Å². The number of carbonyl (C=O) groups excluding carboxylic acids is 1. The van der Waals surface area contributed by atoms with E-state index in [1.165, 1.54) is 30.3 Å². The summed E-state index contributed by atoms with van der Waals surface area (Å²) in [6.07, 6.45) is -4.48. The lowest BCUT2D eigenvalue weighted by Crippen LogP contribution is -2.35. The molecule has 0 radical (unpaired) electrons. The minimum Gasteiger partial charge on any atom is -0.455 e. The molecule has 9 heteroatoms. The van der Waals surface area contributed by atoms with Crippen LogP contribution in [0.4, 0.5) is 17.6 Å². The van der Waals surface area contributed by atoms with Gasteiger partial charge in [0.05, 0.1) is 12.2 Å². The van der Waals surface area contributed by atoms with Crippen LogP contribution in [-0.4, -0.2) is 28.6 Å². The third kappa shape index (κ3) is 5.58. The first-order valence-corrected chi connectivity index (χ1v) is 9.21. The minimum absolute atomic E-state index is 0.000620. The van der Waals surface area contributed by atoms with Crippen molar-refractivity contribution in [2.45, 2.75) is 19.1 Å². The first kappa shape index (κ1) is 22.2. The highest BCUT2D eigenvalue weighted by Gasteiger charge is 2.30. The Morgan fingerprint density at radius 3 is 2.45 bits per heavy atom. The second-order valence-corrected chi connectivity index (χ2v) is 6.73. The third-order valence-electron chi connectivity index (χ3n) is 4.25. The normalized spacial score (nSPS) is 12.3. The van der Waals surface area contributed by atoms with Gasteiger partial charge in [0, 0.05) is 11.6 Å². The number of ether oxygens (including phenoxy) is 1. The average molecular weight is 434 g/mol. The number of aliphatic hydroxyl groups excluding tert-OH is 1. The number of aromatic nitrogens is 1. The van der Waals surface area contributed by atoms with E-state index < -0.39 is 29.5 Å². The molecule has 0 fully saturated rings. The van der Waals surface area contributed by atoms with Crippen molar-refractivity contribution in [1.29, 1.82) is 0 Å². The Morgan fingerprint density at radius 2 is 1.84 bits per heavy atom. The van der Waals surface area contributed by atoms with Crippen molar-refractivity contribution in [3.05, 3.63) is 77.7 Å². The molecule has 2 aromatic carbocycles. The molecule has 1 heterocycles. The molecule has 0 bridgehead atoms. The van der Waals surface area contributed by atoms with Crippen molar-refractivity contribution >= 4 is 5.91 Å². The van der Waals surface area contributed by atoms with E-state index in [0.29, 0.717) is 5.56 Å². The average Bonchev–Trinajstić information content (AvgIpc) is 2.73. The Morgan fingerprint density at radius 1 is 1.13 bits per heavy atom. The smallest absolute Gasteiger partial charge is 0.416 e. The summed E-state index contributed by atoms with van der Waals surface area (Å²) >= 11 is 0. The molecule has 0 unspecified atom stereocenters. The lowest BCUT2D eigenvalue weighted by molar-refractivity contribution is -0.137. The number of aliphatic hydroxyl groups is 1. The van der Waals surface area contributed by atoms with E-state index in [9.17, 15) is 22.4 Å². The van der Waals surface area contributed by atoms with Crippen molar-refractivity contribution < 1.29 is 32.2 Å². The van der Waals surface area contributed by atoms with Crippen LogP contribution in [0.3, 0.4) is 0 Å². The molecule has 0 aliphatic rings. The van der Waals surface area contributed by atoms with Crippen LogP contribution in [0, 0.1) is 5.82 Å². The number of halogens is 4. The SMILES string of the molecule is C[C@@H](CO)NC(=O)c1ccc(Oc2ccc(C(F)(F)F)cc2)c(-c2cccc(F)c2)n1. The lowest BCUT2D eigenvalue weighted by atomic mass is 10.1. The molecule has 162 valence electrons. The number of nitrogens with one attached hydrogen (secondary N) is 1. The summed E-state index contributed by atoms with van der Waals surface area (Å²) in [5.74, 6) is -0.862. The molecule has 5 nitrogen and oxygen atoms in total. The van der Waals surface area contributed by atoms with Gasteiger partial charge in [-0.2, -0.15) is 13.2 Å². The maximum atomic E-state index is 13.8. The summed E-state index contributed by atoms with van der Waals surface area (Å²) < 4.78 is 57.7. The molecular formula is C22H18F4N2O3. The van der Waals surface area contributed by atoms with Crippen LogP contribution in [0.1, 0.15) is 23.0 Å². The summed E-state index contributed by atoms with van der Waals surface area (Å²) in [6, 6.07) is 11.8. The number of nitrogens with zero attached hydrogens (tertiary/aromatic N) is 1. The minimum atomic E-state index is -4.48. The first-order valence-electron chi connectivity index (χ1n) is 9.21. The fraction of sp³-hybridized carbons (Fsp3) is 0.182. The van der Waals surface area contributed by atoms with E-state index in [2.05, 4.69) is 10.3 Å². The van der Waals surface area contributed by atoms with Gasteiger partial charge in [0.15, 0.2) is 5.75 Å². The number of pyridine rings is 1. The predicted molar refractivity (Wildman–Crippen MR) is 105 cm³/mol. The number of carbonyl (C=O) groups is 1. The van der Waals surface area contributed by atoms with Crippen LogP contribution < -0.4 is 10.1 Å². The second-order valence-electron chi connectivity index (χ2n) is 6.73. The maximum absolute atomic E-state index is 13.8. The Balaban J connectivity index is 1.98. The van der Waals surface area contributed by atoms with Crippen LogP contribution in [-0.2, 0) is 6.18 Å². The molecule has 2 N–H and O–H groups in total. The zero-order chi connectivity index (χ0) is 22.6. The van der Waals surface area contributed by atoms with Gasteiger partial charge in [-0.25, -0.2) is 9.37 Å². The van der Waals surface area contributed by atoms with E-state index >= 15 is 0 Å².